The lowest BCUT2D eigenvalue weighted by atomic mass is 10.3. The summed E-state index contributed by atoms with van der Waals surface area (Å²) in [4.78, 5) is 12.0. The van der Waals surface area contributed by atoms with Crippen molar-refractivity contribution in [3.05, 3.63) is 53.0 Å². The van der Waals surface area contributed by atoms with E-state index in [0.717, 1.165) is 17.3 Å². The second-order valence-electron chi connectivity index (χ2n) is 6.30. The summed E-state index contributed by atoms with van der Waals surface area (Å²) >= 11 is 3.39. The Hall–Kier alpha value is -1.66. The third kappa shape index (κ3) is 5.23. The maximum atomic E-state index is 13.7. The van der Waals surface area contributed by atoms with Gasteiger partial charge in [-0.05, 0) is 68.3 Å². The van der Waals surface area contributed by atoms with Crippen LogP contribution in [0.5, 0.6) is 11.5 Å². The number of halogens is 1. The topological polar surface area (TPSA) is 65.1 Å². The van der Waals surface area contributed by atoms with Gasteiger partial charge in [0.15, 0.2) is 0 Å². The molecular formula is C20H23BrNO5P. The van der Waals surface area contributed by atoms with Crippen molar-refractivity contribution in [1.82, 2.24) is 4.67 Å². The number of hydrogen-bond acceptors (Lipinski definition) is 5. The van der Waals surface area contributed by atoms with Gasteiger partial charge in [-0.25, -0.2) is 4.67 Å². The van der Waals surface area contributed by atoms with Crippen molar-refractivity contribution in [2.24, 2.45) is 0 Å². The molecule has 0 radical (unpaired) electrons. The van der Waals surface area contributed by atoms with Crippen molar-refractivity contribution in [1.29, 1.82) is 0 Å². The fraction of sp³-hybridized carbons (Fsp3) is 0.350. The Morgan fingerprint density at radius 2 is 1.75 bits per heavy atom. The van der Waals surface area contributed by atoms with E-state index in [4.69, 9.17) is 14.0 Å². The van der Waals surface area contributed by atoms with Crippen LogP contribution in [0.2, 0.25) is 0 Å². The number of ether oxygens (including phenoxy) is 2. The summed E-state index contributed by atoms with van der Waals surface area (Å²) in [5, 5.41) is 0.543. The molecule has 28 heavy (non-hydrogen) atoms. The molecule has 0 saturated carbocycles. The molecule has 0 aromatic heterocycles. The third-order valence-electron chi connectivity index (χ3n) is 4.28. The van der Waals surface area contributed by atoms with E-state index in [1.54, 1.807) is 35.9 Å². The van der Waals surface area contributed by atoms with E-state index in [-0.39, 0.29) is 6.54 Å². The summed E-state index contributed by atoms with van der Waals surface area (Å²) in [5.74, 6) is 0.935. The average molecular weight is 468 g/mol. The Labute approximate surface area is 173 Å². The number of nitrogens with zero attached hydrogens (tertiary/aromatic N) is 1. The van der Waals surface area contributed by atoms with Gasteiger partial charge >= 0.3 is 13.5 Å². The molecule has 2 aromatic rings. The number of carbonyl (C=O) groups excluding carboxylic acids is 1. The van der Waals surface area contributed by atoms with Crippen LogP contribution in [0.1, 0.15) is 19.8 Å². The number of benzene rings is 2. The van der Waals surface area contributed by atoms with Crippen molar-refractivity contribution >= 4 is 34.7 Å². The van der Waals surface area contributed by atoms with E-state index in [9.17, 15) is 9.36 Å². The van der Waals surface area contributed by atoms with Gasteiger partial charge in [0.1, 0.15) is 18.0 Å². The number of carbonyl (C=O) groups is 1. The Bertz CT molecular complexity index is 841. The van der Waals surface area contributed by atoms with Crippen molar-refractivity contribution in [2.75, 3.05) is 26.3 Å². The number of esters is 1. The summed E-state index contributed by atoms with van der Waals surface area (Å²) in [6, 6.07) is 14.5. The molecule has 0 N–H and O–H groups in total. The molecule has 1 fully saturated rings. The summed E-state index contributed by atoms with van der Waals surface area (Å²) in [6.07, 6.45) is 1.61. The summed E-state index contributed by atoms with van der Waals surface area (Å²) in [6.45, 7) is 2.91. The highest BCUT2D eigenvalue weighted by molar-refractivity contribution is 9.10. The molecule has 150 valence electrons. The summed E-state index contributed by atoms with van der Waals surface area (Å²) < 4.78 is 32.9. The summed E-state index contributed by atoms with van der Waals surface area (Å²) in [7, 11) is -3.33. The van der Waals surface area contributed by atoms with Gasteiger partial charge < -0.3 is 14.0 Å². The third-order valence-corrected chi connectivity index (χ3v) is 7.38. The highest BCUT2D eigenvalue weighted by Crippen LogP contribution is 2.51. The smallest absolute Gasteiger partial charge is 0.320 e. The molecule has 1 aliphatic rings. The molecule has 2 aromatic carbocycles. The quantitative estimate of drug-likeness (QED) is 0.451. The van der Waals surface area contributed by atoms with E-state index in [2.05, 4.69) is 15.9 Å². The molecule has 1 saturated heterocycles. The van der Waals surface area contributed by atoms with E-state index in [1.165, 1.54) is 0 Å². The van der Waals surface area contributed by atoms with Crippen LogP contribution in [0.3, 0.4) is 0 Å². The standard InChI is InChI=1S/C20H23BrNO5P/c1-2-25-20(23)15-22-13-3-4-14-26-28(22,24)19-11-9-18(10-12-19)27-17-7-5-16(21)6-8-17/h5-12H,2-4,13-15H2,1H3. The average Bonchev–Trinajstić information content (AvgIpc) is 2.87. The molecule has 8 heteroatoms. The second kappa shape index (κ2) is 9.70. The molecule has 1 aliphatic heterocycles. The highest BCUT2D eigenvalue weighted by Gasteiger charge is 2.37. The van der Waals surface area contributed by atoms with E-state index >= 15 is 0 Å². The molecule has 1 unspecified atom stereocenters. The maximum Gasteiger partial charge on any atom is 0.320 e. The van der Waals surface area contributed by atoms with Gasteiger partial charge in [-0.1, -0.05) is 15.9 Å². The fourth-order valence-corrected chi connectivity index (χ4v) is 5.42. The van der Waals surface area contributed by atoms with Gasteiger partial charge in [-0.3, -0.25) is 9.36 Å². The Morgan fingerprint density at radius 3 is 2.39 bits per heavy atom. The molecule has 0 bridgehead atoms. The van der Waals surface area contributed by atoms with Gasteiger partial charge in [0.05, 0.1) is 18.5 Å². The lowest BCUT2D eigenvalue weighted by Crippen LogP contribution is -2.32. The Kier molecular flexibility index (Phi) is 7.30. The molecular weight excluding hydrogens is 445 g/mol. The van der Waals surface area contributed by atoms with Gasteiger partial charge in [0, 0.05) is 11.0 Å². The largest absolute Gasteiger partial charge is 0.465 e. The highest BCUT2D eigenvalue weighted by atomic mass is 79.9. The molecule has 0 amide bonds. The van der Waals surface area contributed by atoms with E-state index in [1.807, 2.05) is 24.3 Å². The molecule has 0 aliphatic carbocycles. The van der Waals surface area contributed by atoms with Gasteiger partial charge in [-0.2, -0.15) is 0 Å². The van der Waals surface area contributed by atoms with Crippen LogP contribution in [-0.4, -0.2) is 36.9 Å². The number of hydrogen-bond donors (Lipinski definition) is 0. The van der Waals surface area contributed by atoms with Gasteiger partial charge in [0.25, 0.3) is 0 Å². The monoisotopic (exact) mass is 467 g/mol. The first-order valence-electron chi connectivity index (χ1n) is 9.21. The minimum Gasteiger partial charge on any atom is -0.465 e. The SMILES string of the molecule is CCOC(=O)CN1CCCCOP1(=O)c1ccc(Oc2ccc(Br)cc2)cc1. The number of rotatable bonds is 6. The van der Waals surface area contributed by atoms with Crippen LogP contribution >= 0.6 is 23.4 Å². The van der Waals surface area contributed by atoms with E-state index in [0.29, 0.717) is 36.6 Å². The minimum atomic E-state index is -3.33. The maximum absolute atomic E-state index is 13.7. The van der Waals surface area contributed by atoms with Crippen LogP contribution in [0.4, 0.5) is 0 Å². The van der Waals surface area contributed by atoms with Crippen molar-refractivity contribution in [3.8, 4) is 11.5 Å². The molecule has 1 heterocycles. The zero-order valence-corrected chi connectivity index (χ0v) is 18.2. The van der Waals surface area contributed by atoms with Crippen molar-refractivity contribution in [3.63, 3.8) is 0 Å². The minimum absolute atomic E-state index is 0.0533. The van der Waals surface area contributed by atoms with Crippen LogP contribution < -0.4 is 10.0 Å². The zero-order chi connectivity index (χ0) is 20.0. The summed E-state index contributed by atoms with van der Waals surface area (Å²) in [5.41, 5.74) is 0. The first kappa shape index (κ1) is 21.1. The zero-order valence-electron chi connectivity index (χ0n) is 15.7. The van der Waals surface area contributed by atoms with Crippen molar-refractivity contribution < 1.29 is 23.4 Å². The molecule has 1 atom stereocenters. The van der Waals surface area contributed by atoms with Gasteiger partial charge in [0.2, 0.25) is 0 Å². The molecule has 0 spiro atoms. The first-order chi connectivity index (χ1) is 13.5. The van der Waals surface area contributed by atoms with Crippen LogP contribution in [0, 0.1) is 0 Å². The lowest BCUT2D eigenvalue weighted by molar-refractivity contribution is -0.143. The molecule has 6 nitrogen and oxygen atoms in total. The van der Waals surface area contributed by atoms with Crippen LogP contribution in [0.25, 0.3) is 0 Å². The lowest BCUT2D eigenvalue weighted by Gasteiger charge is -2.28. The van der Waals surface area contributed by atoms with Crippen molar-refractivity contribution in [2.45, 2.75) is 19.8 Å². The normalized spacial score (nSPS) is 20.4. The van der Waals surface area contributed by atoms with Gasteiger partial charge in [-0.15, -0.1) is 0 Å². The van der Waals surface area contributed by atoms with E-state index < -0.39 is 13.5 Å². The Morgan fingerprint density at radius 1 is 1.11 bits per heavy atom. The predicted octanol–water partition coefficient (Wildman–Crippen LogP) is 4.74. The fourth-order valence-electron chi connectivity index (χ4n) is 2.90. The first-order valence-corrected chi connectivity index (χ1v) is 11.6. The Balaban J connectivity index is 1.79. The molecule has 3 rings (SSSR count). The van der Waals surface area contributed by atoms with Crippen LogP contribution in [-0.2, 0) is 18.6 Å². The van der Waals surface area contributed by atoms with Crippen LogP contribution in [0.15, 0.2) is 53.0 Å². The predicted molar refractivity (Wildman–Crippen MR) is 111 cm³/mol. The second-order valence-corrected chi connectivity index (χ2v) is 9.60.